The van der Waals surface area contributed by atoms with Crippen LogP contribution >= 0.6 is 0 Å². The van der Waals surface area contributed by atoms with E-state index in [-0.39, 0.29) is 23.6 Å². The van der Waals surface area contributed by atoms with Crippen molar-refractivity contribution >= 4 is 11.9 Å². The van der Waals surface area contributed by atoms with E-state index in [1.165, 1.54) is 18.2 Å². The van der Waals surface area contributed by atoms with Gasteiger partial charge >= 0.3 is 11.9 Å². The van der Waals surface area contributed by atoms with Crippen molar-refractivity contribution < 1.29 is 19.8 Å². The van der Waals surface area contributed by atoms with Crippen LogP contribution in [0.25, 0.3) is 0 Å². The third kappa shape index (κ3) is 3.77. The Morgan fingerprint density at radius 2 is 1.84 bits per heavy atom. The Hall–Kier alpha value is -1.92. The van der Waals surface area contributed by atoms with Gasteiger partial charge in [-0.25, -0.2) is 9.59 Å². The van der Waals surface area contributed by atoms with Crippen LogP contribution in [-0.2, 0) is 0 Å². The average molecular weight is 266 g/mol. The molecule has 0 saturated heterocycles. The second-order valence-electron chi connectivity index (χ2n) is 4.28. The lowest BCUT2D eigenvalue weighted by Gasteiger charge is -2.17. The minimum atomic E-state index is -1.09. The Labute approximate surface area is 111 Å². The first-order valence-corrected chi connectivity index (χ1v) is 6.02. The van der Waals surface area contributed by atoms with E-state index in [0.29, 0.717) is 24.9 Å². The number of nitrogens with two attached hydrogens (primary N) is 2. The largest absolute Gasteiger partial charge is 0.478 e. The number of rotatable bonds is 7. The summed E-state index contributed by atoms with van der Waals surface area (Å²) in [6.45, 7) is 0.737. The van der Waals surface area contributed by atoms with Gasteiger partial charge in [0.05, 0.1) is 11.1 Å². The molecule has 6 heteroatoms. The molecule has 19 heavy (non-hydrogen) atoms. The number of hydrogen-bond acceptors (Lipinski definition) is 4. The van der Waals surface area contributed by atoms with E-state index in [9.17, 15) is 9.59 Å². The molecular formula is C13H18N2O4. The van der Waals surface area contributed by atoms with Crippen LogP contribution in [0.1, 0.15) is 45.0 Å². The Morgan fingerprint density at radius 1 is 1.16 bits per heavy atom. The predicted octanol–water partition coefficient (Wildman–Crippen LogP) is 0.864. The Bertz CT molecular complexity index is 474. The van der Waals surface area contributed by atoms with E-state index in [0.717, 1.165) is 0 Å². The maximum atomic E-state index is 11.2. The van der Waals surface area contributed by atoms with Crippen molar-refractivity contribution in [3.63, 3.8) is 0 Å². The number of aromatic carboxylic acids is 2. The van der Waals surface area contributed by atoms with Crippen molar-refractivity contribution in [2.75, 3.05) is 13.1 Å². The molecule has 0 heterocycles. The van der Waals surface area contributed by atoms with Crippen LogP contribution in [0.5, 0.6) is 0 Å². The second kappa shape index (κ2) is 6.86. The second-order valence-corrected chi connectivity index (χ2v) is 4.28. The van der Waals surface area contributed by atoms with Gasteiger partial charge in [0.15, 0.2) is 0 Å². The first kappa shape index (κ1) is 15.1. The molecule has 0 saturated carbocycles. The van der Waals surface area contributed by atoms with Crippen molar-refractivity contribution in [1.29, 1.82) is 0 Å². The Kier molecular flexibility index (Phi) is 5.47. The SMILES string of the molecule is NCCCC(CN)c1cc(C(=O)O)ccc1C(=O)O. The molecule has 0 aromatic heterocycles. The first-order valence-electron chi connectivity index (χ1n) is 6.02. The average Bonchev–Trinajstić information content (AvgIpc) is 2.39. The number of carboxylic acid groups (broad SMARTS) is 2. The van der Waals surface area contributed by atoms with E-state index in [2.05, 4.69) is 0 Å². The van der Waals surface area contributed by atoms with Crippen molar-refractivity contribution in [3.8, 4) is 0 Å². The lowest BCUT2D eigenvalue weighted by atomic mass is 9.89. The number of carbonyl (C=O) groups is 2. The minimum absolute atomic E-state index is 0.0613. The molecule has 1 rings (SSSR count). The lowest BCUT2D eigenvalue weighted by Crippen LogP contribution is -2.18. The van der Waals surface area contributed by atoms with Gasteiger partial charge in [0.25, 0.3) is 0 Å². The number of benzene rings is 1. The third-order valence-corrected chi connectivity index (χ3v) is 3.01. The van der Waals surface area contributed by atoms with Crippen molar-refractivity contribution in [2.24, 2.45) is 11.5 Å². The molecular weight excluding hydrogens is 248 g/mol. The molecule has 0 amide bonds. The number of carboxylic acids is 2. The van der Waals surface area contributed by atoms with Gasteiger partial charge in [-0.1, -0.05) is 0 Å². The molecule has 0 aliphatic rings. The van der Waals surface area contributed by atoms with Crippen LogP contribution in [0.2, 0.25) is 0 Å². The van der Waals surface area contributed by atoms with Gasteiger partial charge in [-0.2, -0.15) is 0 Å². The van der Waals surface area contributed by atoms with Gasteiger partial charge in [-0.15, -0.1) is 0 Å². The molecule has 6 N–H and O–H groups in total. The fraction of sp³-hybridized carbons (Fsp3) is 0.385. The highest BCUT2D eigenvalue weighted by molar-refractivity contribution is 5.93. The van der Waals surface area contributed by atoms with Crippen molar-refractivity contribution in [3.05, 3.63) is 34.9 Å². The zero-order chi connectivity index (χ0) is 14.4. The molecule has 1 aromatic carbocycles. The van der Waals surface area contributed by atoms with Crippen LogP contribution in [0, 0.1) is 0 Å². The quantitative estimate of drug-likeness (QED) is 0.580. The molecule has 0 fully saturated rings. The third-order valence-electron chi connectivity index (χ3n) is 3.01. The molecule has 1 unspecified atom stereocenters. The van der Waals surface area contributed by atoms with Gasteiger partial charge in [-0.3, -0.25) is 0 Å². The Morgan fingerprint density at radius 3 is 2.32 bits per heavy atom. The summed E-state index contributed by atoms with van der Waals surface area (Å²) >= 11 is 0. The van der Waals surface area contributed by atoms with E-state index in [4.69, 9.17) is 21.7 Å². The predicted molar refractivity (Wildman–Crippen MR) is 70.4 cm³/mol. The Balaban J connectivity index is 3.21. The lowest BCUT2D eigenvalue weighted by molar-refractivity contribution is 0.0679. The number of hydrogen-bond donors (Lipinski definition) is 4. The monoisotopic (exact) mass is 266 g/mol. The van der Waals surface area contributed by atoms with Crippen LogP contribution in [0.15, 0.2) is 18.2 Å². The molecule has 0 aliphatic heterocycles. The van der Waals surface area contributed by atoms with Gasteiger partial charge in [-0.05, 0) is 55.6 Å². The van der Waals surface area contributed by atoms with E-state index in [1.807, 2.05) is 0 Å². The zero-order valence-electron chi connectivity index (χ0n) is 10.5. The molecule has 1 atom stereocenters. The first-order chi connectivity index (χ1) is 9.01. The molecule has 6 nitrogen and oxygen atoms in total. The summed E-state index contributed by atoms with van der Waals surface area (Å²) in [5, 5.41) is 18.1. The maximum absolute atomic E-state index is 11.2. The van der Waals surface area contributed by atoms with Crippen LogP contribution in [-0.4, -0.2) is 35.2 Å². The zero-order valence-corrected chi connectivity index (χ0v) is 10.5. The van der Waals surface area contributed by atoms with E-state index in [1.54, 1.807) is 0 Å². The smallest absolute Gasteiger partial charge is 0.335 e. The van der Waals surface area contributed by atoms with Gasteiger partial charge in [0, 0.05) is 0 Å². The summed E-state index contributed by atoms with van der Waals surface area (Å²) in [6.07, 6.45) is 1.34. The summed E-state index contributed by atoms with van der Waals surface area (Å²) in [5.74, 6) is -2.38. The topological polar surface area (TPSA) is 127 Å². The summed E-state index contributed by atoms with van der Waals surface area (Å²) in [6, 6.07) is 3.98. The fourth-order valence-electron chi connectivity index (χ4n) is 1.99. The molecule has 0 spiro atoms. The molecule has 0 aliphatic carbocycles. The van der Waals surface area contributed by atoms with Gasteiger partial charge in [0.1, 0.15) is 0 Å². The highest BCUT2D eigenvalue weighted by Crippen LogP contribution is 2.25. The van der Waals surface area contributed by atoms with E-state index < -0.39 is 11.9 Å². The van der Waals surface area contributed by atoms with Gasteiger partial charge < -0.3 is 21.7 Å². The molecule has 0 radical (unpaired) electrons. The molecule has 1 aromatic rings. The highest BCUT2D eigenvalue weighted by atomic mass is 16.4. The van der Waals surface area contributed by atoms with Crippen LogP contribution < -0.4 is 11.5 Å². The summed E-state index contributed by atoms with van der Waals surface area (Å²) in [5.41, 5.74) is 11.7. The van der Waals surface area contributed by atoms with E-state index >= 15 is 0 Å². The molecule has 0 bridgehead atoms. The summed E-state index contributed by atoms with van der Waals surface area (Å²) in [7, 11) is 0. The highest BCUT2D eigenvalue weighted by Gasteiger charge is 2.19. The van der Waals surface area contributed by atoms with Crippen molar-refractivity contribution in [1.82, 2.24) is 0 Å². The normalized spacial score (nSPS) is 12.1. The molecule has 104 valence electrons. The summed E-state index contributed by atoms with van der Waals surface area (Å²) in [4.78, 5) is 22.1. The standard InChI is InChI=1S/C13H18N2O4/c14-5-1-2-9(7-15)11-6-8(12(16)17)3-4-10(11)13(18)19/h3-4,6,9H,1-2,5,7,14-15H2,(H,16,17)(H,18,19). The van der Waals surface area contributed by atoms with Crippen LogP contribution in [0.3, 0.4) is 0 Å². The minimum Gasteiger partial charge on any atom is -0.478 e. The van der Waals surface area contributed by atoms with Gasteiger partial charge in [0.2, 0.25) is 0 Å². The maximum Gasteiger partial charge on any atom is 0.335 e. The van der Waals surface area contributed by atoms with Crippen LogP contribution in [0.4, 0.5) is 0 Å². The summed E-state index contributed by atoms with van der Waals surface area (Å²) < 4.78 is 0. The fourth-order valence-corrected chi connectivity index (χ4v) is 1.99. The van der Waals surface area contributed by atoms with Crippen molar-refractivity contribution in [2.45, 2.75) is 18.8 Å².